The van der Waals surface area contributed by atoms with Crippen LogP contribution >= 0.6 is 0 Å². The molecule has 0 aliphatic rings. The molecule has 0 aromatic heterocycles. The summed E-state index contributed by atoms with van der Waals surface area (Å²) < 4.78 is 30.5. The summed E-state index contributed by atoms with van der Waals surface area (Å²) in [6.07, 6.45) is 1.20. The Morgan fingerprint density at radius 1 is 1.31 bits per heavy atom. The van der Waals surface area contributed by atoms with Gasteiger partial charge in [0.2, 0.25) is 0 Å². The average Bonchev–Trinajstić information content (AvgIpc) is 2.05. The van der Waals surface area contributed by atoms with Gasteiger partial charge in [-0.25, -0.2) is 0 Å². The summed E-state index contributed by atoms with van der Waals surface area (Å²) in [5, 5.41) is -1.03. The predicted molar refractivity (Wildman–Crippen MR) is 50.9 cm³/mol. The molecule has 1 rings (SSSR count). The van der Waals surface area contributed by atoms with Crippen molar-refractivity contribution in [2.75, 3.05) is 0 Å². The Kier molecular flexibility index (Phi) is 2.85. The van der Waals surface area contributed by atoms with Crippen LogP contribution in [0.25, 0.3) is 0 Å². The summed E-state index contributed by atoms with van der Waals surface area (Å²) in [4.78, 5) is 0. The zero-order chi connectivity index (χ0) is 9.90. The van der Waals surface area contributed by atoms with E-state index >= 15 is 0 Å². The van der Waals surface area contributed by atoms with Crippen LogP contribution in [0.2, 0.25) is 0 Å². The molecule has 1 atom stereocenters. The van der Waals surface area contributed by atoms with E-state index in [1.807, 2.05) is 0 Å². The third kappa shape index (κ3) is 2.40. The zero-order valence-electron chi connectivity index (χ0n) is 6.92. The van der Waals surface area contributed by atoms with Crippen molar-refractivity contribution in [2.24, 2.45) is 0 Å². The SMILES string of the molecule is C=CC(c1ccccc1)S(=O)(=O)O. The Balaban J connectivity index is 3.13. The van der Waals surface area contributed by atoms with E-state index in [0.29, 0.717) is 5.56 Å². The maximum atomic E-state index is 10.8. The van der Waals surface area contributed by atoms with Crippen LogP contribution in [-0.2, 0) is 10.1 Å². The van der Waals surface area contributed by atoms with Crippen LogP contribution in [-0.4, -0.2) is 13.0 Å². The standard InChI is InChI=1S/C9H10O3S/c1-2-9(13(10,11)12)8-6-4-3-5-7-8/h2-7,9H,1H2,(H,10,11,12). The summed E-state index contributed by atoms with van der Waals surface area (Å²) in [6, 6.07) is 8.43. The van der Waals surface area contributed by atoms with E-state index in [9.17, 15) is 8.42 Å². The minimum Gasteiger partial charge on any atom is -0.285 e. The Morgan fingerprint density at radius 3 is 2.23 bits per heavy atom. The monoisotopic (exact) mass is 198 g/mol. The smallest absolute Gasteiger partial charge is 0.275 e. The Morgan fingerprint density at radius 2 is 1.85 bits per heavy atom. The molecule has 0 saturated heterocycles. The molecule has 13 heavy (non-hydrogen) atoms. The van der Waals surface area contributed by atoms with Gasteiger partial charge in [0, 0.05) is 0 Å². The molecule has 1 aromatic rings. The average molecular weight is 198 g/mol. The Bertz CT molecular complexity index is 381. The van der Waals surface area contributed by atoms with Gasteiger partial charge >= 0.3 is 0 Å². The van der Waals surface area contributed by atoms with Crippen molar-refractivity contribution in [3.63, 3.8) is 0 Å². The maximum absolute atomic E-state index is 10.8. The third-order valence-electron chi connectivity index (χ3n) is 1.66. The molecule has 0 spiro atoms. The van der Waals surface area contributed by atoms with Gasteiger partial charge in [0.1, 0.15) is 5.25 Å². The second-order valence-electron chi connectivity index (χ2n) is 2.58. The molecule has 1 N–H and O–H groups in total. The summed E-state index contributed by atoms with van der Waals surface area (Å²) in [7, 11) is -4.09. The second-order valence-corrected chi connectivity index (χ2v) is 4.12. The lowest BCUT2D eigenvalue weighted by molar-refractivity contribution is 0.476. The summed E-state index contributed by atoms with van der Waals surface area (Å²) in [6.45, 7) is 3.36. The summed E-state index contributed by atoms with van der Waals surface area (Å²) >= 11 is 0. The van der Waals surface area contributed by atoms with Gasteiger partial charge in [-0.3, -0.25) is 4.55 Å². The van der Waals surface area contributed by atoms with Crippen LogP contribution in [0.4, 0.5) is 0 Å². The van der Waals surface area contributed by atoms with Crippen molar-refractivity contribution in [3.8, 4) is 0 Å². The van der Waals surface area contributed by atoms with Crippen LogP contribution in [0, 0.1) is 0 Å². The summed E-state index contributed by atoms with van der Waals surface area (Å²) in [5.41, 5.74) is 0.514. The highest BCUT2D eigenvalue weighted by Crippen LogP contribution is 2.21. The summed E-state index contributed by atoms with van der Waals surface area (Å²) in [5.74, 6) is 0. The first-order valence-electron chi connectivity index (χ1n) is 3.69. The van der Waals surface area contributed by atoms with E-state index in [2.05, 4.69) is 6.58 Å². The topological polar surface area (TPSA) is 54.4 Å². The molecule has 4 heteroatoms. The lowest BCUT2D eigenvalue weighted by Crippen LogP contribution is -2.09. The van der Waals surface area contributed by atoms with Crippen molar-refractivity contribution in [1.82, 2.24) is 0 Å². The van der Waals surface area contributed by atoms with E-state index < -0.39 is 15.4 Å². The number of rotatable bonds is 3. The van der Waals surface area contributed by atoms with E-state index in [-0.39, 0.29) is 0 Å². The first kappa shape index (κ1) is 9.95. The molecule has 3 nitrogen and oxygen atoms in total. The molecule has 0 radical (unpaired) electrons. The Hall–Kier alpha value is -1.13. The molecule has 1 aromatic carbocycles. The van der Waals surface area contributed by atoms with Gasteiger partial charge < -0.3 is 0 Å². The largest absolute Gasteiger partial charge is 0.285 e. The molecular weight excluding hydrogens is 188 g/mol. The highest BCUT2D eigenvalue weighted by molar-refractivity contribution is 7.86. The highest BCUT2D eigenvalue weighted by Gasteiger charge is 2.20. The maximum Gasteiger partial charge on any atom is 0.275 e. The first-order valence-corrected chi connectivity index (χ1v) is 5.20. The van der Waals surface area contributed by atoms with Gasteiger partial charge in [0.25, 0.3) is 10.1 Å². The van der Waals surface area contributed by atoms with Crippen LogP contribution in [0.15, 0.2) is 43.0 Å². The molecule has 0 aliphatic carbocycles. The van der Waals surface area contributed by atoms with Gasteiger partial charge in [-0.2, -0.15) is 8.42 Å². The number of hydrogen-bond donors (Lipinski definition) is 1. The van der Waals surface area contributed by atoms with Crippen molar-refractivity contribution >= 4 is 10.1 Å². The minimum atomic E-state index is -4.09. The molecule has 0 heterocycles. The van der Waals surface area contributed by atoms with E-state index in [0.717, 1.165) is 0 Å². The number of hydrogen-bond acceptors (Lipinski definition) is 2. The van der Waals surface area contributed by atoms with E-state index in [1.54, 1.807) is 30.3 Å². The molecule has 70 valence electrons. The van der Waals surface area contributed by atoms with Gasteiger partial charge in [-0.15, -0.1) is 6.58 Å². The molecule has 0 bridgehead atoms. The Labute approximate surface area is 77.5 Å². The quantitative estimate of drug-likeness (QED) is 0.595. The predicted octanol–water partition coefficient (Wildman–Crippen LogP) is 1.80. The second kappa shape index (κ2) is 3.72. The fourth-order valence-corrected chi connectivity index (χ4v) is 1.82. The minimum absolute atomic E-state index is 0.514. The zero-order valence-corrected chi connectivity index (χ0v) is 7.74. The van der Waals surface area contributed by atoms with Crippen LogP contribution < -0.4 is 0 Å². The van der Waals surface area contributed by atoms with Crippen molar-refractivity contribution in [1.29, 1.82) is 0 Å². The molecule has 0 saturated carbocycles. The highest BCUT2D eigenvalue weighted by atomic mass is 32.2. The normalized spacial score (nSPS) is 13.6. The first-order chi connectivity index (χ1) is 6.05. The van der Waals surface area contributed by atoms with Crippen LogP contribution in [0.1, 0.15) is 10.8 Å². The van der Waals surface area contributed by atoms with Gasteiger partial charge in [0.15, 0.2) is 0 Å². The molecule has 1 unspecified atom stereocenters. The molecule has 0 aliphatic heterocycles. The van der Waals surface area contributed by atoms with Crippen LogP contribution in [0.5, 0.6) is 0 Å². The molecule has 0 amide bonds. The fourth-order valence-electron chi connectivity index (χ4n) is 1.07. The number of benzene rings is 1. The van der Waals surface area contributed by atoms with Gasteiger partial charge in [-0.05, 0) is 5.56 Å². The molecular formula is C9H10O3S. The van der Waals surface area contributed by atoms with Crippen molar-refractivity contribution < 1.29 is 13.0 Å². The lowest BCUT2D eigenvalue weighted by Gasteiger charge is -2.08. The van der Waals surface area contributed by atoms with E-state index in [1.165, 1.54) is 6.08 Å². The fraction of sp³-hybridized carbons (Fsp3) is 0.111. The van der Waals surface area contributed by atoms with Gasteiger partial charge in [-0.1, -0.05) is 36.4 Å². The molecule has 0 fully saturated rings. The van der Waals surface area contributed by atoms with Crippen LogP contribution in [0.3, 0.4) is 0 Å². The lowest BCUT2D eigenvalue weighted by atomic mass is 10.1. The van der Waals surface area contributed by atoms with E-state index in [4.69, 9.17) is 4.55 Å². The van der Waals surface area contributed by atoms with Gasteiger partial charge in [0.05, 0.1) is 0 Å². The van der Waals surface area contributed by atoms with Crippen molar-refractivity contribution in [3.05, 3.63) is 48.6 Å². The van der Waals surface area contributed by atoms with Crippen molar-refractivity contribution in [2.45, 2.75) is 5.25 Å². The third-order valence-corrected chi connectivity index (χ3v) is 2.77.